The highest BCUT2D eigenvalue weighted by molar-refractivity contribution is 7.13. The molecule has 1 aliphatic carbocycles. The largest absolute Gasteiger partial charge is 0.394 e. The first-order chi connectivity index (χ1) is 10.7. The van der Waals surface area contributed by atoms with Crippen molar-refractivity contribution in [3.05, 3.63) is 35.8 Å². The third-order valence-corrected chi connectivity index (χ3v) is 4.89. The molecule has 116 valence electrons. The van der Waals surface area contributed by atoms with Crippen LogP contribution in [0.15, 0.2) is 35.8 Å². The van der Waals surface area contributed by atoms with Gasteiger partial charge in [-0.05, 0) is 37.1 Å². The van der Waals surface area contributed by atoms with E-state index >= 15 is 0 Å². The van der Waals surface area contributed by atoms with Gasteiger partial charge in [0.15, 0.2) is 0 Å². The third-order valence-electron chi connectivity index (χ3n) is 4.06. The van der Waals surface area contributed by atoms with E-state index in [0.29, 0.717) is 0 Å². The van der Waals surface area contributed by atoms with Gasteiger partial charge in [-0.3, -0.25) is 0 Å². The summed E-state index contributed by atoms with van der Waals surface area (Å²) >= 11 is 1.58. The van der Waals surface area contributed by atoms with Crippen LogP contribution >= 0.6 is 11.3 Å². The number of nitrogens with zero attached hydrogens (tertiary/aromatic N) is 1. The van der Waals surface area contributed by atoms with Gasteiger partial charge in [-0.15, -0.1) is 11.3 Å². The molecule has 0 spiro atoms. The number of carbonyl (C=O) groups excluding carboxylic acids is 1. The van der Waals surface area contributed by atoms with Gasteiger partial charge in [0.05, 0.1) is 12.1 Å². The lowest BCUT2D eigenvalue weighted by Crippen LogP contribution is -2.50. The van der Waals surface area contributed by atoms with Gasteiger partial charge in [-0.1, -0.05) is 12.8 Å². The first-order valence-electron chi connectivity index (χ1n) is 7.41. The molecule has 0 saturated heterocycles. The monoisotopic (exact) mass is 317 g/mol. The van der Waals surface area contributed by atoms with Gasteiger partial charge in [0.25, 0.3) is 0 Å². The summed E-state index contributed by atoms with van der Waals surface area (Å²) in [4.78, 5) is 16.4. The molecule has 3 rings (SSSR count). The van der Waals surface area contributed by atoms with Gasteiger partial charge in [-0.25, -0.2) is 9.78 Å². The van der Waals surface area contributed by atoms with Gasteiger partial charge in [0.2, 0.25) is 0 Å². The summed E-state index contributed by atoms with van der Waals surface area (Å²) in [5, 5.41) is 18.2. The summed E-state index contributed by atoms with van der Waals surface area (Å²) in [6, 6.07) is 7.32. The quantitative estimate of drug-likeness (QED) is 0.810. The summed E-state index contributed by atoms with van der Waals surface area (Å²) in [5.41, 5.74) is 1.30. The molecule has 6 heteroatoms. The highest BCUT2D eigenvalue weighted by Gasteiger charge is 2.34. The standard InChI is InChI=1S/C16H19N3O2S/c20-11-16(7-1-2-8-16)19-15(21)18-13-5-3-12(4-6-13)14-17-9-10-22-14/h3-6,9-10,20H,1-2,7-8,11H2,(H2,18,19,21). The molecule has 22 heavy (non-hydrogen) atoms. The van der Waals surface area contributed by atoms with E-state index < -0.39 is 5.54 Å². The minimum Gasteiger partial charge on any atom is -0.394 e. The predicted molar refractivity (Wildman–Crippen MR) is 88.0 cm³/mol. The van der Waals surface area contributed by atoms with Gasteiger partial charge in [0.1, 0.15) is 5.01 Å². The Kier molecular flexibility index (Phi) is 4.40. The number of nitrogens with one attached hydrogen (secondary N) is 2. The zero-order valence-corrected chi connectivity index (χ0v) is 13.0. The molecule has 2 amide bonds. The Balaban J connectivity index is 1.62. The second-order valence-corrected chi connectivity index (χ2v) is 6.53. The lowest BCUT2D eigenvalue weighted by molar-refractivity contribution is 0.167. The Morgan fingerprint density at radius 2 is 2.00 bits per heavy atom. The van der Waals surface area contributed by atoms with Crippen molar-refractivity contribution in [1.82, 2.24) is 10.3 Å². The van der Waals surface area contributed by atoms with Gasteiger partial charge < -0.3 is 15.7 Å². The number of amides is 2. The number of rotatable bonds is 4. The molecule has 1 heterocycles. The molecule has 1 fully saturated rings. The molecule has 2 aromatic rings. The first kappa shape index (κ1) is 15.0. The minimum atomic E-state index is -0.453. The topological polar surface area (TPSA) is 74.2 Å². The van der Waals surface area contributed by atoms with Gasteiger partial charge >= 0.3 is 6.03 Å². The fourth-order valence-corrected chi connectivity index (χ4v) is 3.48. The molecule has 0 bridgehead atoms. The Morgan fingerprint density at radius 1 is 1.27 bits per heavy atom. The lowest BCUT2D eigenvalue weighted by atomic mass is 9.99. The number of hydrogen-bond donors (Lipinski definition) is 3. The van der Waals surface area contributed by atoms with E-state index in [4.69, 9.17) is 0 Å². The van der Waals surface area contributed by atoms with Crippen molar-refractivity contribution in [2.24, 2.45) is 0 Å². The van der Waals surface area contributed by atoms with Gasteiger partial charge in [0, 0.05) is 22.8 Å². The van der Waals surface area contributed by atoms with E-state index in [9.17, 15) is 9.90 Å². The highest BCUT2D eigenvalue weighted by atomic mass is 32.1. The van der Waals surface area contributed by atoms with E-state index in [1.807, 2.05) is 29.6 Å². The van der Waals surface area contributed by atoms with Crippen LogP contribution in [0, 0.1) is 0 Å². The number of benzene rings is 1. The molecular weight excluding hydrogens is 298 g/mol. The van der Waals surface area contributed by atoms with Crippen LogP contribution in [0.25, 0.3) is 10.6 Å². The zero-order chi connectivity index (χ0) is 15.4. The summed E-state index contributed by atoms with van der Waals surface area (Å²) in [5.74, 6) is 0. The Morgan fingerprint density at radius 3 is 2.59 bits per heavy atom. The maximum Gasteiger partial charge on any atom is 0.319 e. The third kappa shape index (κ3) is 3.28. The maximum atomic E-state index is 12.1. The molecule has 1 aromatic heterocycles. The number of aliphatic hydroxyl groups excluding tert-OH is 1. The summed E-state index contributed by atoms with van der Waals surface area (Å²) in [6.07, 6.45) is 5.53. The van der Waals surface area contributed by atoms with Crippen molar-refractivity contribution in [3.63, 3.8) is 0 Å². The lowest BCUT2D eigenvalue weighted by Gasteiger charge is -2.27. The van der Waals surface area contributed by atoms with Crippen molar-refractivity contribution < 1.29 is 9.90 Å². The van der Waals surface area contributed by atoms with E-state index in [1.165, 1.54) is 0 Å². The number of carbonyl (C=O) groups is 1. The number of aliphatic hydroxyl groups is 1. The molecule has 0 radical (unpaired) electrons. The molecule has 0 unspecified atom stereocenters. The highest BCUT2D eigenvalue weighted by Crippen LogP contribution is 2.29. The van der Waals surface area contributed by atoms with E-state index in [1.54, 1.807) is 17.5 Å². The van der Waals surface area contributed by atoms with Crippen LogP contribution in [-0.4, -0.2) is 28.3 Å². The second-order valence-electron chi connectivity index (χ2n) is 5.64. The molecule has 0 atom stereocenters. The average molecular weight is 317 g/mol. The normalized spacial score (nSPS) is 16.4. The average Bonchev–Trinajstić information content (AvgIpc) is 3.20. The smallest absolute Gasteiger partial charge is 0.319 e. The van der Waals surface area contributed by atoms with Crippen LogP contribution in [0.1, 0.15) is 25.7 Å². The number of hydrogen-bond acceptors (Lipinski definition) is 4. The molecule has 0 aliphatic heterocycles. The minimum absolute atomic E-state index is 0.0105. The number of thiazole rings is 1. The van der Waals surface area contributed by atoms with Crippen LogP contribution in [0.5, 0.6) is 0 Å². The summed E-state index contributed by atoms with van der Waals surface area (Å²) < 4.78 is 0. The van der Waals surface area contributed by atoms with Crippen LogP contribution in [0.2, 0.25) is 0 Å². The SMILES string of the molecule is O=C(Nc1ccc(-c2nccs2)cc1)NC1(CO)CCCC1. The fraction of sp³-hybridized carbons (Fsp3) is 0.375. The van der Waals surface area contributed by atoms with Crippen molar-refractivity contribution in [2.45, 2.75) is 31.2 Å². The number of anilines is 1. The second kappa shape index (κ2) is 6.46. The first-order valence-corrected chi connectivity index (χ1v) is 8.29. The molecule has 5 nitrogen and oxygen atoms in total. The molecular formula is C16H19N3O2S. The molecule has 1 aliphatic rings. The summed E-state index contributed by atoms with van der Waals surface area (Å²) in [7, 11) is 0. The number of aromatic nitrogens is 1. The Bertz CT molecular complexity index is 619. The Labute approximate surface area is 133 Å². The molecule has 1 saturated carbocycles. The summed E-state index contributed by atoms with van der Waals surface area (Å²) in [6.45, 7) is -0.0105. The van der Waals surface area contributed by atoms with Crippen molar-refractivity contribution in [2.75, 3.05) is 11.9 Å². The van der Waals surface area contributed by atoms with Crippen LogP contribution < -0.4 is 10.6 Å². The molecule has 3 N–H and O–H groups in total. The van der Waals surface area contributed by atoms with Crippen molar-refractivity contribution in [3.8, 4) is 10.6 Å². The van der Waals surface area contributed by atoms with Crippen LogP contribution in [-0.2, 0) is 0 Å². The maximum absolute atomic E-state index is 12.1. The molecule has 1 aromatic carbocycles. The number of urea groups is 1. The fourth-order valence-electron chi connectivity index (χ4n) is 2.84. The van der Waals surface area contributed by atoms with Gasteiger partial charge in [-0.2, -0.15) is 0 Å². The van der Waals surface area contributed by atoms with E-state index in [-0.39, 0.29) is 12.6 Å². The van der Waals surface area contributed by atoms with Crippen LogP contribution in [0.4, 0.5) is 10.5 Å². The zero-order valence-electron chi connectivity index (χ0n) is 12.2. The van der Waals surface area contributed by atoms with Crippen molar-refractivity contribution >= 4 is 23.1 Å². The van der Waals surface area contributed by atoms with E-state index in [2.05, 4.69) is 15.6 Å². The van der Waals surface area contributed by atoms with E-state index in [0.717, 1.165) is 41.9 Å². The predicted octanol–water partition coefficient (Wildman–Crippen LogP) is 3.24. The Hall–Kier alpha value is -1.92. The van der Waals surface area contributed by atoms with Crippen molar-refractivity contribution in [1.29, 1.82) is 0 Å². The van der Waals surface area contributed by atoms with Crippen LogP contribution in [0.3, 0.4) is 0 Å².